The van der Waals surface area contributed by atoms with Crippen molar-refractivity contribution in [3.8, 4) is 11.6 Å². The van der Waals surface area contributed by atoms with Crippen LogP contribution in [0.5, 0.6) is 0 Å². The van der Waals surface area contributed by atoms with Gasteiger partial charge in [0.25, 0.3) is 0 Å². The van der Waals surface area contributed by atoms with Gasteiger partial charge in [-0.05, 0) is 42.7 Å². The molecule has 0 spiro atoms. The second kappa shape index (κ2) is 4.21. The molecule has 0 saturated heterocycles. The molecule has 0 radical (unpaired) electrons. The number of hydrogen-bond acceptors (Lipinski definition) is 3. The molecule has 3 aromatic rings. The highest BCUT2D eigenvalue weighted by molar-refractivity contribution is 5.79. The zero-order valence-electron chi connectivity index (χ0n) is 11.1. The molecule has 1 aromatic carbocycles. The molecule has 1 fully saturated rings. The highest BCUT2D eigenvalue weighted by Crippen LogP contribution is 2.43. The maximum Gasteiger partial charge on any atom is 0.174 e. The second-order valence-electron chi connectivity index (χ2n) is 5.59. The van der Waals surface area contributed by atoms with Crippen molar-refractivity contribution in [1.82, 2.24) is 9.97 Å². The van der Waals surface area contributed by atoms with Crippen LogP contribution in [0.15, 0.2) is 41.0 Å². The van der Waals surface area contributed by atoms with Crippen LogP contribution in [0.25, 0.3) is 22.6 Å². The van der Waals surface area contributed by atoms with Crippen molar-refractivity contribution in [2.75, 3.05) is 6.61 Å². The van der Waals surface area contributed by atoms with Gasteiger partial charge in [0.2, 0.25) is 0 Å². The molecule has 2 aromatic heterocycles. The van der Waals surface area contributed by atoms with Gasteiger partial charge in [-0.2, -0.15) is 0 Å². The van der Waals surface area contributed by atoms with Crippen molar-refractivity contribution in [2.24, 2.45) is 0 Å². The number of aromatic nitrogens is 2. The van der Waals surface area contributed by atoms with E-state index in [1.165, 1.54) is 12.0 Å². The molecular weight excluding hydrogens is 252 g/mol. The van der Waals surface area contributed by atoms with E-state index in [4.69, 9.17) is 4.42 Å². The van der Waals surface area contributed by atoms with Gasteiger partial charge in [0.1, 0.15) is 0 Å². The highest BCUT2D eigenvalue weighted by Gasteiger charge is 2.38. The van der Waals surface area contributed by atoms with E-state index in [0.29, 0.717) is 0 Å². The van der Waals surface area contributed by atoms with E-state index in [1.54, 1.807) is 6.26 Å². The number of hydrogen-bond donors (Lipinski definition) is 2. The normalized spacial score (nSPS) is 17.2. The van der Waals surface area contributed by atoms with Gasteiger partial charge in [-0.3, -0.25) is 0 Å². The summed E-state index contributed by atoms with van der Waals surface area (Å²) in [6.45, 7) is 0.220. The lowest BCUT2D eigenvalue weighted by Gasteiger charge is -2.40. The number of rotatable bonds is 3. The molecule has 2 N–H and O–H groups in total. The van der Waals surface area contributed by atoms with Crippen LogP contribution >= 0.6 is 0 Å². The van der Waals surface area contributed by atoms with Gasteiger partial charge in [0.05, 0.1) is 23.9 Å². The molecule has 1 aliphatic carbocycles. The Hall–Kier alpha value is -2.07. The van der Waals surface area contributed by atoms with Gasteiger partial charge in [0, 0.05) is 5.41 Å². The van der Waals surface area contributed by atoms with Crippen LogP contribution < -0.4 is 0 Å². The molecule has 20 heavy (non-hydrogen) atoms. The molecule has 4 rings (SSSR count). The van der Waals surface area contributed by atoms with Crippen molar-refractivity contribution >= 4 is 11.0 Å². The fourth-order valence-corrected chi connectivity index (χ4v) is 3.01. The van der Waals surface area contributed by atoms with Crippen LogP contribution in [0.1, 0.15) is 24.8 Å². The molecular formula is C16H16N2O2. The van der Waals surface area contributed by atoms with Crippen LogP contribution in [-0.2, 0) is 5.41 Å². The minimum atomic E-state index is -0.0376. The maximum absolute atomic E-state index is 9.68. The number of aromatic amines is 1. The van der Waals surface area contributed by atoms with E-state index in [9.17, 15) is 5.11 Å². The first-order chi connectivity index (χ1) is 9.81. The molecule has 0 bridgehead atoms. The van der Waals surface area contributed by atoms with E-state index >= 15 is 0 Å². The molecule has 0 atom stereocenters. The number of furan rings is 1. The molecule has 102 valence electrons. The summed E-state index contributed by atoms with van der Waals surface area (Å²) in [4.78, 5) is 7.83. The van der Waals surface area contributed by atoms with Crippen LogP contribution in [0.2, 0.25) is 0 Å². The highest BCUT2D eigenvalue weighted by atomic mass is 16.3. The standard InChI is InChI=1S/C16H16N2O2/c19-10-16(6-2-7-16)11-4-5-12-13(9-11)18-15(17-12)14-3-1-8-20-14/h1,3-5,8-9,19H,2,6-7,10H2,(H,17,18). The molecule has 4 heteroatoms. The Morgan fingerprint density at radius 1 is 1.30 bits per heavy atom. The van der Waals surface area contributed by atoms with E-state index < -0.39 is 0 Å². The first-order valence-electron chi connectivity index (χ1n) is 6.96. The van der Waals surface area contributed by atoms with E-state index in [-0.39, 0.29) is 12.0 Å². The van der Waals surface area contributed by atoms with Crippen molar-refractivity contribution in [3.05, 3.63) is 42.2 Å². The summed E-state index contributed by atoms with van der Waals surface area (Å²) >= 11 is 0. The number of fused-ring (bicyclic) bond motifs is 1. The third-order valence-corrected chi connectivity index (χ3v) is 4.46. The van der Waals surface area contributed by atoms with Gasteiger partial charge < -0.3 is 14.5 Å². The van der Waals surface area contributed by atoms with Gasteiger partial charge in [-0.1, -0.05) is 12.5 Å². The predicted octanol–water partition coefficient (Wildman–Crippen LogP) is 3.24. The maximum atomic E-state index is 9.68. The fourth-order valence-electron chi connectivity index (χ4n) is 3.01. The molecule has 1 aliphatic rings. The fraction of sp³-hybridized carbons (Fsp3) is 0.312. The first kappa shape index (κ1) is 11.7. The Bertz CT molecular complexity index is 734. The predicted molar refractivity (Wildman–Crippen MR) is 76.4 cm³/mol. The topological polar surface area (TPSA) is 62.1 Å². The third kappa shape index (κ3) is 1.61. The Labute approximate surface area is 116 Å². The van der Waals surface area contributed by atoms with Crippen molar-refractivity contribution < 1.29 is 9.52 Å². The zero-order valence-corrected chi connectivity index (χ0v) is 11.1. The van der Waals surface area contributed by atoms with Gasteiger partial charge in [0.15, 0.2) is 11.6 Å². The van der Waals surface area contributed by atoms with Crippen LogP contribution in [0.3, 0.4) is 0 Å². The molecule has 4 nitrogen and oxygen atoms in total. The molecule has 2 heterocycles. The third-order valence-electron chi connectivity index (χ3n) is 4.46. The van der Waals surface area contributed by atoms with E-state index in [0.717, 1.165) is 35.5 Å². The lowest BCUT2D eigenvalue weighted by Crippen LogP contribution is -2.37. The first-order valence-corrected chi connectivity index (χ1v) is 6.96. The van der Waals surface area contributed by atoms with Crippen LogP contribution in [-0.4, -0.2) is 21.7 Å². The van der Waals surface area contributed by atoms with Crippen LogP contribution in [0, 0.1) is 0 Å². The monoisotopic (exact) mass is 268 g/mol. The van der Waals surface area contributed by atoms with E-state index in [1.807, 2.05) is 18.2 Å². The average Bonchev–Trinajstić information content (AvgIpc) is 3.06. The second-order valence-corrected chi connectivity index (χ2v) is 5.59. The Balaban J connectivity index is 1.80. The lowest BCUT2D eigenvalue weighted by molar-refractivity contribution is 0.120. The summed E-state index contributed by atoms with van der Waals surface area (Å²) in [5.74, 6) is 1.48. The zero-order chi connectivity index (χ0) is 13.6. The molecule has 0 unspecified atom stereocenters. The van der Waals surface area contributed by atoms with Gasteiger partial charge in [-0.15, -0.1) is 0 Å². The smallest absolute Gasteiger partial charge is 0.174 e. The van der Waals surface area contributed by atoms with Crippen molar-refractivity contribution in [2.45, 2.75) is 24.7 Å². The number of nitrogens with one attached hydrogen (secondary N) is 1. The number of benzene rings is 1. The quantitative estimate of drug-likeness (QED) is 0.766. The van der Waals surface area contributed by atoms with Gasteiger partial charge in [-0.25, -0.2) is 4.98 Å². The number of aliphatic hydroxyl groups is 1. The Morgan fingerprint density at radius 2 is 2.20 bits per heavy atom. The average molecular weight is 268 g/mol. The Morgan fingerprint density at radius 3 is 2.85 bits per heavy atom. The number of imidazole rings is 1. The summed E-state index contributed by atoms with van der Waals surface area (Å²) in [5.41, 5.74) is 3.08. The minimum Gasteiger partial charge on any atom is -0.461 e. The largest absolute Gasteiger partial charge is 0.461 e. The van der Waals surface area contributed by atoms with Crippen LogP contribution in [0.4, 0.5) is 0 Å². The summed E-state index contributed by atoms with van der Waals surface area (Å²) < 4.78 is 5.37. The molecule has 1 saturated carbocycles. The number of aliphatic hydroxyl groups excluding tert-OH is 1. The van der Waals surface area contributed by atoms with Crippen molar-refractivity contribution in [1.29, 1.82) is 0 Å². The summed E-state index contributed by atoms with van der Waals surface area (Å²) in [6, 6.07) is 9.96. The number of nitrogens with zero attached hydrogens (tertiary/aromatic N) is 1. The molecule has 0 amide bonds. The minimum absolute atomic E-state index is 0.0376. The SMILES string of the molecule is OCC1(c2ccc3nc(-c4ccco4)[nH]c3c2)CCC1. The van der Waals surface area contributed by atoms with Gasteiger partial charge >= 0.3 is 0 Å². The summed E-state index contributed by atoms with van der Waals surface area (Å²) in [5, 5.41) is 9.68. The summed E-state index contributed by atoms with van der Waals surface area (Å²) in [7, 11) is 0. The number of H-pyrrole nitrogens is 1. The van der Waals surface area contributed by atoms with Crippen molar-refractivity contribution in [3.63, 3.8) is 0 Å². The Kier molecular flexibility index (Phi) is 2.47. The molecule has 0 aliphatic heterocycles. The van der Waals surface area contributed by atoms with E-state index in [2.05, 4.69) is 22.1 Å². The summed E-state index contributed by atoms with van der Waals surface area (Å²) in [6.07, 6.45) is 4.96. The lowest BCUT2D eigenvalue weighted by atomic mass is 9.65.